The van der Waals surface area contributed by atoms with Gasteiger partial charge in [-0.15, -0.1) is 0 Å². The van der Waals surface area contributed by atoms with Gasteiger partial charge in [-0.25, -0.2) is 4.79 Å². The molecule has 1 saturated heterocycles. The number of alkyl carbamates (subject to hydrolysis) is 1. The first-order valence-electron chi connectivity index (χ1n) is 11.3. The van der Waals surface area contributed by atoms with Crippen LogP contribution in [0.2, 0.25) is 0 Å². The van der Waals surface area contributed by atoms with Crippen LogP contribution in [-0.2, 0) is 9.53 Å². The first kappa shape index (κ1) is 24.5. The summed E-state index contributed by atoms with van der Waals surface area (Å²) in [5.41, 5.74) is 3.06. The monoisotopic (exact) mass is 492 g/mol. The van der Waals surface area contributed by atoms with Gasteiger partial charge in [0.15, 0.2) is 6.61 Å². The molecule has 0 spiro atoms. The molecule has 0 bridgehead atoms. The van der Waals surface area contributed by atoms with E-state index in [-0.39, 0.29) is 38.4 Å². The van der Waals surface area contributed by atoms with Crippen molar-refractivity contribution < 1.29 is 32.2 Å². The number of piperidine rings is 1. The van der Waals surface area contributed by atoms with E-state index in [2.05, 4.69) is 15.4 Å². The minimum atomic E-state index is -4.12. The van der Waals surface area contributed by atoms with Gasteiger partial charge in [-0.3, -0.25) is 4.79 Å². The van der Waals surface area contributed by atoms with Crippen LogP contribution in [0.3, 0.4) is 0 Å². The number of alkyl halides is 3. The molecule has 2 N–H and O–H groups in total. The Morgan fingerprint density at radius 1 is 1.11 bits per heavy atom. The summed E-state index contributed by atoms with van der Waals surface area (Å²) in [6, 6.07) is 12.9. The van der Waals surface area contributed by atoms with E-state index in [9.17, 15) is 22.8 Å². The minimum absolute atomic E-state index is 0.103. The molecule has 2 aliphatic heterocycles. The number of rotatable bonds is 6. The van der Waals surface area contributed by atoms with E-state index in [1.165, 1.54) is 7.11 Å². The smallest absolute Gasteiger partial charge is 0.406 e. The predicted octanol–water partition coefficient (Wildman–Crippen LogP) is 4.29. The summed E-state index contributed by atoms with van der Waals surface area (Å²) in [6.45, 7) is 1.16. The lowest BCUT2D eigenvalue weighted by Crippen LogP contribution is -2.43. The number of nitrogens with zero attached hydrogens (tertiary/aromatic N) is 2. The average molecular weight is 492 g/mol. The summed E-state index contributed by atoms with van der Waals surface area (Å²) in [4.78, 5) is 27.1. The van der Waals surface area contributed by atoms with Crippen molar-refractivity contribution in [2.75, 3.05) is 55.0 Å². The zero-order valence-corrected chi connectivity index (χ0v) is 19.2. The summed E-state index contributed by atoms with van der Waals surface area (Å²) < 4.78 is 48.8. The molecular formula is C24H27F3N4O4. The Balaban J connectivity index is 1.37. The highest BCUT2D eigenvalue weighted by molar-refractivity contribution is 5.98. The Morgan fingerprint density at radius 3 is 2.46 bits per heavy atom. The molecule has 1 fully saturated rings. The molecule has 2 amide bonds. The maximum absolute atomic E-state index is 12.9. The number of amides is 2. The third-order valence-corrected chi connectivity index (χ3v) is 6.17. The van der Waals surface area contributed by atoms with Crippen LogP contribution < -0.4 is 25.2 Å². The van der Waals surface area contributed by atoms with Crippen LogP contribution in [0, 0.1) is 5.92 Å². The fraction of sp³-hybridized carbons (Fsp3) is 0.417. The number of methoxy groups -OCH3 is 1. The quantitative estimate of drug-likeness (QED) is 0.626. The van der Waals surface area contributed by atoms with Gasteiger partial charge < -0.3 is 29.9 Å². The van der Waals surface area contributed by atoms with E-state index >= 15 is 0 Å². The predicted molar refractivity (Wildman–Crippen MR) is 125 cm³/mol. The number of halogens is 3. The third kappa shape index (κ3) is 5.90. The van der Waals surface area contributed by atoms with E-state index in [1.807, 2.05) is 35.2 Å². The summed E-state index contributed by atoms with van der Waals surface area (Å²) in [7, 11) is 1.27. The molecule has 0 aromatic heterocycles. The Bertz CT molecular complexity index is 1050. The molecule has 11 heteroatoms. The van der Waals surface area contributed by atoms with Crippen LogP contribution >= 0.6 is 0 Å². The van der Waals surface area contributed by atoms with Gasteiger partial charge in [0.05, 0.1) is 18.7 Å². The number of fused-ring (bicyclic) bond motifs is 1. The molecule has 8 nitrogen and oxygen atoms in total. The fourth-order valence-corrected chi connectivity index (χ4v) is 4.26. The minimum Gasteiger partial charge on any atom is -0.481 e. The molecule has 0 atom stereocenters. The van der Waals surface area contributed by atoms with Crippen LogP contribution in [-0.4, -0.2) is 58.1 Å². The lowest BCUT2D eigenvalue weighted by molar-refractivity contribution is -0.179. The summed E-state index contributed by atoms with van der Waals surface area (Å²) >= 11 is 0. The van der Waals surface area contributed by atoms with Crippen LogP contribution in [0.5, 0.6) is 5.75 Å². The van der Waals surface area contributed by atoms with Gasteiger partial charge in [-0.1, -0.05) is 0 Å². The molecule has 188 valence electrons. The van der Waals surface area contributed by atoms with Gasteiger partial charge in [0.1, 0.15) is 5.75 Å². The zero-order chi connectivity index (χ0) is 25.0. The molecule has 35 heavy (non-hydrogen) atoms. The SMILES string of the molecule is COC(=O)NCCN1C(=O)COc2cc(Nc3ccc(N4CCC(C(F)(F)F)CC4)cc3)ccc21. The second-order valence-electron chi connectivity index (χ2n) is 8.41. The van der Waals surface area contributed by atoms with E-state index in [1.54, 1.807) is 17.0 Å². The number of nitrogens with one attached hydrogen (secondary N) is 2. The molecule has 2 aromatic carbocycles. The standard InChI is InChI=1S/C24H27F3N4O4/c1-34-23(33)28-10-13-31-20-7-4-18(14-21(20)35-15-22(31)32)29-17-2-5-19(6-3-17)30-11-8-16(9-12-30)24(25,26)27/h2-7,14,16,29H,8-13,15H2,1H3,(H,28,33). The van der Waals surface area contributed by atoms with Crippen molar-refractivity contribution in [3.63, 3.8) is 0 Å². The Hall–Kier alpha value is -3.63. The van der Waals surface area contributed by atoms with Crippen molar-refractivity contribution in [2.45, 2.75) is 19.0 Å². The maximum Gasteiger partial charge on any atom is 0.406 e. The third-order valence-electron chi connectivity index (χ3n) is 6.17. The number of benzene rings is 2. The van der Waals surface area contributed by atoms with Gasteiger partial charge in [-0.2, -0.15) is 13.2 Å². The summed E-state index contributed by atoms with van der Waals surface area (Å²) in [5.74, 6) is -0.891. The van der Waals surface area contributed by atoms with Crippen LogP contribution in [0.1, 0.15) is 12.8 Å². The van der Waals surface area contributed by atoms with Crippen LogP contribution in [0.25, 0.3) is 0 Å². The van der Waals surface area contributed by atoms with E-state index in [0.717, 1.165) is 17.1 Å². The zero-order valence-electron chi connectivity index (χ0n) is 19.2. The van der Waals surface area contributed by atoms with Crippen molar-refractivity contribution in [1.82, 2.24) is 5.32 Å². The van der Waals surface area contributed by atoms with Gasteiger partial charge >= 0.3 is 12.3 Å². The average Bonchev–Trinajstić information content (AvgIpc) is 2.85. The number of hydrogen-bond donors (Lipinski definition) is 2. The number of anilines is 4. The molecule has 0 radical (unpaired) electrons. The van der Waals surface area contributed by atoms with E-state index < -0.39 is 18.2 Å². The number of hydrogen-bond acceptors (Lipinski definition) is 6. The highest BCUT2D eigenvalue weighted by Crippen LogP contribution is 2.37. The van der Waals surface area contributed by atoms with Crippen LogP contribution in [0.4, 0.5) is 40.7 Å². The second-order valence-corrected chi connectivity index (χ2v) is 8.41. The molecule has 2 aromatic rings. The Labute approximate surface area is 201 Å². The van der Waals surface area contributed by atoms with Crippen molar-refractivity contribution in [3.05, 3.63) is 42.5 Å². The topological polar surface area (TPSA) is 83.1 Å². The fourth-order valence-electron chi connectivity index (χ4n) is 4.26. The van der Waals surface area contributed by atoms with Crippen LogP contribution in [0.15, 0.2) is 42.5 Å². The molecule has 0 aliphatic carbocycles. The van der Waals surface area contributed by atoms with Gasteiger partial charge in [0, 0.05) is 49.3 Å². The number of carbonyl (C=O) groups is 2. The highest BCUT2D eigenvalue weighted by atomic mass is 19.4. The summed E-state index contributed by atoms with van der Waals surface area (Å²) in [6.07, 6.45) is -4.47. The largest absolute Gasteiger partial charge is 0.481 e. The molecular weight excluding hydrogens is 465 g/mol. The molecule has 2 aliphatic rings. The first-order valence-corrected chi connectivity index (χ1v) is 11.3. The van der Waals surface area contributed by atoms with Crippen molar-refractivity contribution >= 4 is 34.7 Å². The highest BCUT2D eigenvalue weighted by Gasteiger charge is 2.41. The van der Waals surface area contributed by atoms with Gasteiger partial charge in [-0.05, 0) is 49.2 Å². The lowest BCUT2D eigenvalue weighted by atomic mass is 9.96. The maximum atomic E-state index is 12.9. The van der Waals surface area contributed by atoms with Crippen molar-refractivity contribution in [1.29, 1.82) is 0 Å². The van der Waals surface area contributed by atoms with Crippen molar-refractivity contribution in [3.8, 4) is 5.75 Å². The van der Waals surface area contributed by atoms with Gasteiger partial charge in [0.25, 0.3) is 5.91 Å². The molecule has 2 heterocycles. The first-order chi connectivity index (χ1) is 16.7. The normalized spacial score (nSPS) is 16.4. The Morgan fingerprint density at radius 2 is 1.80 bits per heavy atom. The Kier molecular flexibility index (Phi) is 7.23. The van der Waals surface area contributed by atoms with E-state index in [4.69, 9.17) is 4.74 Å². The number of carbonyl (C=O) groups excluding carboxylic acids is 2. The molecule has 0 saturated carbocycles. The summed E-state index contributed by atoms with van der Waals surface area (Å²) in [5, 5.41) is 5.83. The second kappa shape index (κ2) is 10.3. The number of ether oxygens (including phenoxy) is 2. The van der Waals surface area contributed by atoms with Gasteiger partial charge in [0.2, 0.25) is 0 Å². The molecule has 0 unspecified atom stereocenters. The van der Waals surface area contributed by atoms with Crippen molar-refractivity contribution in [2.24, 2.45) is 5.92 Å². The molecule has 4 rings (SSSR count). The lowest BCUT2D eigenvalue weighted by Gasteiger charge is -2.34. The van der Waals surface area contributed by atoms with E-state index in [0.29, 0.717) is 24.5 Å².